The smallest absolute Gasteiger partial charge is 0.0245 e. The van der Waals surface area contributed by atoms with Gasteiger partial charge in [-0.05, 0) is 30.1 Å². The third-order valence-corrected chi connectivity index (χ3v) is 6.16. The molecular formula is C15H21Br. The van der Waals surface area contributed by atoms with Gasteiger partial charge in [-0.25, -0.2) is 0 Å². The summed E-state index contributed by atoms with van der Waals surface area (Å²) in [5, 5.41) is 0. The monoisotopic (exact) mass is 280 g/mol. The van der Waals surface area contributed by atoms with Crippen molar-refractivity contribution in [3.63, 3.8) is 0 Å². The normalized spacial score (nSPS) is 43.6. The molecule has 0 N–H and O–H groups in total. The van der Waals surface area contributed by atoms with E-state index >= 15 is 0 Å². The Kier molecular flexibility index (Phi) is 3.24. The minimum Gasteiger partial charge on any atom is -0.0881 e. The minimum absolute atomic E-state index is 0.738. The fourth-order valence-corrected chi connectivity index (χ4v) is 5.21. The Morgan fingerprint density at radius 1 is 0.938 bits per heavy atom. The highest BCUT2D eigenvalue weighted by molar-refractivity contribution is 9.09. The average molecular weight is 281 g/mol. The van der Waals surface area contributed by atoms with Crippen LogP contribution >= 0.6 is 15.9 Å². The van der Waals surface area contributed by atoms with Crippen molar-refractivity contribution in [2.24, 2.45) is 23.7 Å². The van der Waals surface area contributed by atoms with Crippen LogP contribution < -0.4 is 0 Å². The maximum atomic E-state index is 4.00. The second-order valence-corrected chi connectivity index (χ2v) is 6.81. The van der Waals surface area contributed by atoms with Crippen LogP contribution in [0, 0.1) is 23.7 Å². The number of alkyl halides is 1. The van der Waals surface area contributed by atoms with E-state index < -0.39 is 0 Å². The van der Waals surface area contributed by atoms with E-state index in [2.05, 4.69) is 40.2 Å². The van der Waals surface area contributed by atoms with Crippen LogP contribution in [0.5, 0.6) is 0 Å². The topological polar surface area (TPSA) is 0 Å². The minimum atomic E-state index is 0.738. The number of hydrogen-bond donors (Lipinski definition) is 0. The highest BCUT2D eigenvalue weighted by atomic mass is 79.9. The molecule has 16 heavy (non-hydrogen) atoms. The largest absolute Gasteiger partial charge is 0.0881 e. The van der Waals surface area contributed by atoms with Gasteiger partial charge in [-0.1, -0.05) is 72.3 Å². The third kappa shape index (κ3) is 1.92. The van der Waals surface area contributed by atoms with Crippen molar-refractivity contribution in [2.45, 2.75) is 43.4 Å². The van der Waals surface area contributed by atoms with E-state index in [9.17, 15) is 0 Å². The summed E-state index contributed by atoms with van der Waals surface area (Å²) in [6.07, 6.45) is 18.1. The summed E-state index contributed by atoms with van der Waals surface area (Å²) in [4.78, 5) is 0.738. The zero-order valence-corrected chi connectivity index (χ0v) is 11.4. The Bertz CT molecular complexity index is 299. The van der Waals surface area contributed by atoms with E-state index in [-0.39, 0.29) is 0 Å². The first-order valence-electron chi connectivity index (χ1n) is 6.85. The molecule has 88 valence electrons. The zero-order chi connectivity index (χ0) is 11.0. The fraction of sp³-hybridized carbons (Fsp3) is 0.733. The molecule has 0 aromatic carbocycles. The molecule has 1 heteroatoms. The standard InChI is InChI=1S/C15H21Br/c16-15-13-9-5-4-8-12(13)10-14(15)11-6-2-1-3-7-11/h4-5,8-9,11-15H,1-3,6-7,10H2. The van der Waals surface area contributed by atoms with Crippen LogP contribution in [0.4, 0.5) is 0 Å². The van der Waals surface area contributed by atoms with Gasteiger partial charge >= 0.3 is 0 Å². The first-order valence-corrected chi connectivity index (χ1v) is 7.77. The summed E-state index contributed by atoms with van der Waals surface area (Å²) in [6.45, 7) is 0. The second-order valence-electron chi connectivity index (χ2n) is 5.75. The van der Waals surface area contributed by atoms with Crippen molar-refractivity contribution in [3.05, 3.63) is 24.3 Å². The van der Waals surface area contributed by atoms with Crippen LogP contribution in [0.2, 0.25) is 0 Å². The summed E-state index contributed by atoms with van der Waals surface area (Å²) >= 11 is 4.00. The van der Waals surface area contributed by atoms with E-state index in [0.29, 0.717) is 0 Å². The number of rotatable bonds is 1. The fourth-order valence-electron chi connectivity index (χ4n) is 3.99. The highest BCUT2D eigenvalue weighted by Crippen LogP contribution is 2.49. The van der Waals surface area contributed by atoms with Gasteiger partial charge in [0.15, 0.2) is 0 Å². The average Bonchev–Trinajstić information content (AvgIpc) is 2.69. The quantitative estimate of drug-likeness (QED) is 0.611. The molecule has 0 heterocycles. The molecule has 0 bridgehead atoms. The highest BCUT2D eigenvalue weighted by Gasteiger charge is 2.43. The van der Waals surface area contributed by atoms with Gasteiger partial charge in [0.25, 0.3) is 0 Å². The number of allylic oxidation sites excluding steroid dienone is 4. The summed E-state index contributed by atoms with van der Waals surface area (Å²) in [5.74, 6) is 3.53. The van der Waals surface area contributed by atoms with E-state index in [1.165, 1.54) is 38.5 Å². The van der Waals surface area contributed by atoms with Gasteiger partial charge in [-0.3, -0.25) is 0 Å². The molecule has 4 unspecified atom stereocenters. The molecule has 0 saturated heterocycles. The molecule has 0 aliphatic heterocycles. The molecule has 4 atom stereocenters. The first kappa shape index (κ1) is 11.1. The molecule has 0 nitrogen and oxygen atoms in total. The molecule has 2 saturated carbocycles. The Balaban J connectivity index is 1.72. The van der Waals surface area contributed by atoms with Crippen LogP contribution in [0.3, 0.4) is 0 Å². The molecule has 0 amide bonds. The lowest BCUT2D eigenvalue weighted by atomic mass is 9.79. The number of halogens is 1. The lowest BCUT2D eigenvalue weighted by molar-refractivity contribution is 0.253. The van der Waals surface area contributed by atoms with Gasteiger partial charge in [0, 0.05) is 4.83 Å². The van der Waals surface area contributed by atoms with E-state index in [1.807, 2.05) is 0 Å². The van der Waals surface area contributed by atoms with Gasteiger partial charge in [0.1, 0.15) is 0 Å². The van der Waals surface area contributed by atoms with Crippen molar-refractivity contribution >= 4 is 15.9 Å². The molecular weight excluding hydrogens is 260 g/mol. The molecule has 0 aromatic heterocycles. The Labute approximate surface area is 107 Å². The van der Waals surface area contributed by atoms with E-state index in [4.69, 9.17) is 0 Å². The molecule has 3 rings (SSSR count). The lowest BCUT2D eigenvalue weighted by Crippen LogP contribution is -2.24. The summed E-state index contributed by atoms with van der Waals surface area (Å²) in [5.41, 5.74) is 0. The van der Waals surface area contributed by atoms with Crippen molar-refractivity contribution in [3.8, 4) is 0 Å². The molecule has 0 spiro atoms. The van der Waals surface area contributed by atoms with Crippen LogP contribution in [0.25, 0.3) is 0 Å². The Morgan fingerprint density at radius 3 is 2.44 bits per heavy atom. The van der Waals surface area contributed by atoms with Crippen LogP contribution in [-0.2, 0) is 0 Å². The maximum Gasteiger partial charge on any atom is 0.0245 e. The number of fused-ring (bicyclic) bond motifs is 1. The predicted octanol–water partition coefficient (Wildman–Crippen LogP) is 4.71. The van der Waals surface area contributed by atoms with Gasteiger partial charge in [-0.15, -0.1) is 0 Å². The first-order chi connectivity index (χ1) is 7.86. The third-order valence-electron chi connectivity index (χ3n) is 4.87. The van der Waals surface area contributed by atoms with E-state index in [0.717, 1.165) is 28.5 Å². The SMILES string of the molecule is BrC1C2C=CC=CC2CC1C1CCCCC1. The van der Waals surface area contributed by atoms with Gasteiger partial charge in [-0.2, -0.15) is 0 Å². The van der Waals surface area contributed by atoms with Gasteiger partial charge < -0.3 is 0 Å². The summed E-state index contributed by atoms with van der Waals surface area (Å²) in [6, 6.07) is 0. The molecule has 3 aliphatic carbocycles. The van der Waals surface area contributed by atoms with Gasteiger partial charge in [0.2, 0.25) is 0 Å². The van der Waals surface area contributed by atoms with Crippen LogP contribution in [-0.4, -0.2) is 4.83 Å². The van der Waals surface area contributed by atoms with E-state index in [1.54, 1.807) is 0 Å². The molecule has 3 aliphatic rings. The Morgan fingerprint density at radius 2 is 1.69 bits per heavy atom. The van der Waals surface area contributed by atoms with Crippen molar-refractivity contribution in [1.29, 1.82) is 0 Å². The Hall–Kier alpha value is -0.0400. The summed E-state index contributed by atoms with van der Waals surface area (Å²) < 4.78 is 0. The molecule has 0 radical (unpaired) electrons. The van der Waals surface area contributed by atoms with Crippen molar-refractivity contribution in [1.82, 2.24) is 0 Å². The lowest BCUT2D eigenvalue weighted by Gasteiger charge is -2.30. The van der Waals surface area contributed by atoms with Crippen molar-refractivity contribution in [2.75, 3.05) is 0 Å². The molecule has 2 fully saturated rings. The summed E-state index contributed by atoms with van der Waals surface area (Å²) in [7, 11) is 0. The van der Waals surface area contributed by atoms with Crippen LogP contribution in [0.1, 0.15) is 38.5 Å². The van der Waals surface area contributed by atoms with Crippen LogP contribution in [0.15, 0.2) is 24.3 Å². The molecule has 0 aromatic rings. The number of hydrogen-bond acceptors (Lipinski definition) is 0. The maximum absolute atomic E-state index is 4.00. The zero-order valence-electron chi connectivity index (χ0n) is 9.82. The second kappa shape index (κ2) is 4.68. The predicted molar refractivity (Wildman–Crippen MR) is 72.7 cm³/mol. The van der Waals surface area contributed by atoms with Crippen molar-refractivity contribution < 1.29 is 0 Å². The van der Waals surface area contributed by atoms with Gasteiger partial charge in [0.05, 0.1) is 0 Å².